The van der Waals surface area contributed by atoms with E-state index in [4.69, 9.17) is 4.42 Å². The molecule has 1 aliphatic rings. The number of hydrogen-bond acceptors (Lipinski definition) is 5. The maximum Gasteiger partial charge on any atom is 0.277 e. The Bertz CT molecular complexity index is 1110. The quantitative estimate of drug-likeness (QED) is 0.663. The number of oxazole rings is 1. The summed E-state index contributed by atoms with van der Waals surface area (Å²) in [5.41, 5.74) is 1.49. The third-order valence-electron chi connectivity index (χ3n) is 5.21. The molecule has 1 aliphatic carbocycles. The van der Waals surface area contributed by atoms with Crippen LogP contribution in [-0.4, -0.2) is 24.6 Å². The van der Waals surface area contributed by atoms with E-state index in [9.17, 15) is 13.2 Å². The summed E-state index contributed by atoms with van der Waals surface area (Å²) in [7, 11) is -3.31. The zero-order valence-electron chi connectivity index (χ0n) is 16.1. The predicted molar refractivity (Wildman–Crippen MR) is 111 cm³/mol. The maximum atomic E-state index is 12.7. The first-order chi connectivity index (χ1) is 13.9. The fourth-order valence-corrected chi connectivity index (χ4v) is 5.47. The molecule has 3 aromatic rings. The van der Waals surface area contributed by atoms with Gasteiger partial charge in [-0.05, 0) is 56.2 Å². The molecule has 0 unspecified atom stereocenters. The number of nitrogens with one attached hydrogen (secondary N) is 1. The molecule has 2 aromatic carbocycles. The monoisotopic (exact) mass is 410 g/mol. The highest BCUT2D eigenvalue weighted by Crippen LogP contribution is 2.30. The molecule has 1 amide bonds. The number of sulfone groups is 1. The number of benzene rings is 2. The lowest BCUT2D eigenvalue weighted by molar-refractivity contribution is 0.102. The van der Waals surface area contributed by atoms with Gasteiger partial charge in [0.25, 0.3) is 5.91 Å². The second kappa shape index (κ2) is 7.83. The molecular weight excluding hydrogens is 388 g/mol. The number of nitrogens with zero attached hydrogens (tertiary/aromatic N) is 1. The van der Waals surface area contributed by atoms with Gasteiger partial charge in [-0.15, -0.1) is 0 Å². The van der Waals surface area contributed by atoms with E-state index in [1.165, 1.54) is 0 Å². The van der Waals surface area contributed by atoms with E-state index in [0.29, 0.717) is 22.2 Å². The van der Waals surface area contributed by atoms with Crippen molar-refractivity contribution in [2.75, 3.05) is 5.32 Å². The second-order valence-electron chi connectivity index (χ2n) is 7.22. The van der Waals surface area contributed by atoms with Crippen LogP contribution in [0, 0.1) is 6.92 Å². The number of hydrogen-bond donors (Lipinski definition) is 1. The number of carbonyl (C=O) groups excluding carboxylic acids is 1. The molecule has 6 nitrogen and oxygen atoms in total. The van der Waals surface area contributed by atoms with Crippen LogP contribution in [0.3, 0.4) is 0 Å². The molecule has 1 fully saturated rings. The fourth-order valence-electron chi connectivity index (χ4n) is 3.62. The van der Waals surface area contributed by atoms with Crippen LogP contribution < -0.4 is 5.32 Å². The van der Waals surface area contributed by atoms with Crippen LogP contribution in [0.2, 0.25) is 0 Å². The van der Waals surface area contributed by atoms with Crippen molar-refractivity contribution in [3.05, 3.63) is 66.1 Å². The van der Waals surface area contributed by atoms with E-state index in [0.717, 1.165) is 31.2 Å². The summed E-state index contributed by atoms with van der Waals surface area (Å²) >= 11 is 0. The Balaban J connectivity index is 1.50. The normalized spacial score (nSPS) is 14.8. The molecule has 1 N–H and O–H groups in total. The van der Waals surface area contributed by atoms with E-state index in [2.05, 4.69) is 10.3 Å². The SMILES string of the molecule is Cc1oc(-c2ccccc2)nc1C(=O)Nc1ccc(S(=O)(=O)C2CCCC2)cc1. The molecular formula is C22H22N2O4S. The molecule has 0 radical (unpaired) electrons. The molecule has 0 spiro atoms. The molecule has 0 bridgehead atoms. The van der Waals surface area contributed by atoms with E-state index >= 15 is 0 Å². The summed E-state index contributed by atoms with van der Waals surface area (Å²) in [6, 6.07) is 15.7. The van der Waals surface area contributed by atoms with Crippen LogP contribution in [0.5, 0.6) is 0 Å². The van der Waals surface area contributed by atoms with Gasteiger partial charge in [0, 0.05) is 11.3 Å². The molecule has 1 saturated carbocycles. The van der Waals surface area contributed by atoms with Gasteiger partial charge in [0.2, 0.25) is 5.89 Å². The summed E-state index contributed by atoms with van der Waals surface area (Å²) in [5.74, 6) is 0.396. The Labute approximate surface area is 169 Å². The lowest BCUT2D eigenvalue weighted by Crippen LogP contribution is -2.18. The minimum atomic E-state index is -3.31. The molecule has 4 rings (SSSR count). The molecule has 0 atom stereocenters. The van der Waals surface area contributed by atoms with Gasteiger partial charge in [-0.2, -0.15) is 0 Å². The number of aromatic nitrogens is 1. The topological polar surface area (TPSA) is 89.3 Å². The first-order valence-electron chi connectivity index (χ1n) is 9.63. The number of amides is 1. The van der Waals surface area contributed by atoms with Gasteiger partial charge < -0.3 is 9.73 Å². The first-order valence-corrected chi connectivity index (χ1v) is 11.2. The highest BCUT2D eigenvalue weighted by atomic mass is 32.2. The Morgan fingerprint density at radius 2 is 1.69 bits per heavy atom. The van der Waals surface area contributed by atoms with Crippen molar-refractivity contribution in [3.8, 4) is 11.5 Å². The minimum absolute atomic E-state index is 0.200. The van der Waals surface area contributed by atoms with Gasteiger partial charge in [0.1, 0.15) is 5.76 Å². The van der Waals surface area contributed by atoms with Crippen LogP contribution in [0.4, 0.5) is 5.69 Å². The van der Waals surface area contributed by atoms with E-state index in [1.54, 1.807) is 31.2 Å². The maximum absolute atomic E-state index is 12.7. The van der Waals surface area contributed by atoms with E-state index < -0.39 is 15.7 Å². The van der Waals surface area contributed by atoms with Gasteiger partial charge >= 0.3 is 0 Å². The van der Waals surface area contributed by atoms with Gasteiger partial charge in [-0.3, -0.25) is 4.79 Å². The largest absolute Gasteiger partial charge is 0.441 e. The average molecular weight is 410 g/mol. The van der Waals surface area contributed by atoms with Crippen molar-refractivity contribution >= 4 is 21.4 Å². The molecule has 7 heteroatoms. The van der Waals surface area contributed by atoms with Crippen LogP contribution in [-0.2, 0) is 9.84 Å². The lowest BCUT2D eigenvalue weighted by Gasteiger charge is -2.11. The lowest BCUT2D eigenvalue weighted by atomic mass is 10.2. The number of carbonyl (C=O) groups is 1. The van der Waals surface area contributed by atoms with Gasteiger partial charge in [0.05, 0.1) is 10.1 Å². The highest BCUT2D eigenvalue weighted by molar-refractivity contribution is 7.92. The number of rotatable bonds is 5. The smallest absolute Gasteiger partial charge is 0.277 e. The Kier molecular flexibility index (Phi) is 5.24. The van der Waals surface area contributed by atoms with E-state index in [1.807, 2.05) is 30.3 Å². The molecule has 1 heterocycles. The van der Waals surface area contributed by atoms with Crippen molar-refractivity contribution in [3.63, 3.8) is 0 Å². The summed E-state index contributed by atoms with van der Waals surface area (Å²) in [6.07, 6.45) is 3.35. The Morgan fingerprint density at radius 1 is 1.03 bits per heavy atom. The fraction of sp³-hybridized carbons (Fsp3) is 0.273. The van der Waals surface area contributed by atoms with Crippen molar-refractivity contribution in [1.29, 1.82) is 0 Å². The first kappa shape index (κ1) is 19.4. The zero-order chi connectivity index (χ0) is 20.4. The summed E-state index contributed by atoms with van der Waals surface area (Å²) in [6.45, 7) is 1.69. The standard InChI is InChI=1S/C22H22N2O4S/c1-15-20(24-22(28-15)16-7-3-2-4-8-16)21(25)23-17-11-13-19(14-12-17)29(26,27)18-9-5-6-10-18/h2-4,7-8,11-14,18H,5-6,9-10H2,1H3,(H,23,25). The minimum Gasteiger partial charge on any atom is -0.441 e. The number of aryl methyl sites for hydroxylation is 1. The molecule has 29 heavy (non-hydrogen) atoms. The summed E-state index contributed by atoms with van der Waals surface area (Å²) in [4.78, 5) is 17.2. The third-order valence-corrected chi connectivity index (χ3v) is 7.49. The van der Waals surface area contributed by atoms with Crippen LogP contribution in [0.15, 0.2) is 63.9 Å². The van der Waals surface area contributed by atoms with Crippen LogP contribution in [0.1, 0.15) is 41.9 Å². The van der Waals surface area contributed by atoms with Crippen LogP contribution in [0.25, 0.3) is 11.5 Å². The summed E-state index contributed by atoms with van der Waals surface area (Å²) < 4.78 is 31.0. The average Bonchev–Trinajstić information content (AvgIpc) is 3.39. The van der Waals surface area contributed by atoms with Gasteiger partial charge in [-0.1, -0.05) is 31.0 Å². The molecule has 0 aliphatic heterocycles. The predicted octanol–water partition coefficient (Wildman–Crippen LogP) is 4.62. The van der Waals surface area contributed by atoms with E-state index in [-0.39, 0.29) is 10.9 Å². The van der Waals surface area contributed by atoms with Crippen molar-refractivity contribution in [1.82, 2.24) is 4.98 Å². The molecule has 0 saturated heterocycles. The Morgan fingerprint density at radius 3 is 2.34 bits per heavy atom. The van der Waals surface area contributed by atoms with Crippen LogP contribution >= 0.6 is 0 Å². The Hall–Kier alpha value is -2.93. The summed E-state index contributed by atoms with van der Waals surface area (Å²) in [5, 5.41) is 2.46. The van der Waals surface area contributed by atoms with Crippen molar-refractivity contribution < 1.29 is 17.6 Å². The zero-order valence-corrected chi connectivity index (χ0v) is 16.9. The van der Waals surface area contributed by atoms with Gasteiger partial charge in [-0.25, -0.2) is 13.4 Å². The second-order valence-corrected chi connectivity index (χ2v) is 9.45. The third kappa shape index (κ3) is 3.96. The van der Waals surface area contributed by atoms with Crippen molar-refractivity contribution in [2.45, 2.75) is 42.8 Å². The molecule has 150 valence electrons. The number of anilines is 1. The highest BCUT2D eigenvalue weighted by Gasteiger charge is 2.30. The molecule has 1 aromatic heterocycles. The van der Waals surface area contributed by atoms with Gasteiger partial charge in [0.15, 0.2) is 15.5 Å². The van der Waals surface area contributed by atoms with Crippen molar-refractivity contribution in [2.24, 2.45) is 0 Å².